The van der Waals surface area contributed by atoms with Crippen molar-refractivity contribution in [3.8, 4) is 0 Å². The van der Waals surface area contributed by atoms with Crippen LogP contribution in [0.25, 0.3) is 0 Å². The number of hydrogen-bond acceptors (Lipinski definition) is 5. The summed E-state index contributed by atoms with van der Waals surface area (Å²) in [5, 5.41) is 17.1. The summed E-state index contributed by atoms with van der Waals surface area (Å²) in [4.78, 5) is 40.4. The molecule has 0 aliphatic carbocycles. The number of benzene rings is 2. The molecule has 9 nitrogen and oxygen atoms in total. The fraction of sp³-hybridized carbons (Fsp3) is 0.308. The molecule has 3 aromatic rings. The molecule has 0 spiro atoms. The van der Waals surface area contributed by atoms with Crippen molar-refractivity contribution >= 4 is 23.7 Å². The molecule has 36 heavy (non-hydrogen) atoms. The van der Waals surface area contributed by atoms with Crippen LogP contribution in [-0.4, -0.2) is 69.8 Å². The molecule has 1 aliphatic heterocycles. The van der Waals surface area contributed by atoms with Crippen LogP contribution in [0.2, 0.25) is 0 Å². The van der Waals surface area contributed by atoms with Gasteiger partial charge < -0.3 is 20.2 Å². The minimum absolute atomic E-state index is 0.00646. The molecular weight excluding hydrogens is 465 g/mol. The van der Waals surface area contributed by atoms with E-state index in [0.717, 1.165) is 11.3 Å². The minimum atomic E-state index is -1.13. The predicted molar refractivity (Wildman–Crippen MR) is 132 cm³/mol. The van der Waals surface area contributed by atoms with Gasteiger partial charge in [-0.25, -0.2) is 14.0 Å². The zero-order valence-electron chi connectivity index (χ0n) is 20.1. The number of aromatic nitrogens is 2. The van der Waals surface area contributed by atoms with E-state index in [1.54, 1.807) is 42.1 Å². The van der Waals surface area contributed by atoms with E-state index in [0.29, 0.717) is 38.3 Å². The lowest BCUT2D eigenvalue weighted by Crippen LogP contribution is -2.43. The summed E-state index contributed by atoms with van der Waals surface area (Å²) in [5.41, 5.74) is 1.74. The molecule has 0 atom stereocenters. The van der Waals surface area contributed by atoms with E-state index in [9.17, 15) is 23.9 Å². The SMILES string of the molecule is CN(C)C(=O)N1CCC(c2cc(NCc3ccc(F)cc3)n(C(=O)c3cccc(C(=O)O)c3)n2)CC1. The van der Waals surface area contributed by atoms with Crippen molar-refractivity contribution in [2.45, 2.75) is 25.3 Å². The van der Waals surface area contributed by atoms with Crippen LogP contribution in [0.15, 0.2) is 54.6 Å². The van der Waals surface area contributed by atoms with Crippen molar-refractivity contribution in [2.24, 2.45) is 0 Å². The van der Waals surface area contributed by atoms with Crippen LogP contribution in [0.1, 0.15) is 50.7 Å². The quantitative estimate of drug-likeness (QED) is 0.540. The average Bonchev–Trinajstić information content (AvgIpc) is 3.31. The molecule has 2 heterocycles. The Hall–Kier alpha value is -4.21. The monoisotopic (exact) mass is 493 g/mol. The first-order chi connectivity index (χ1) is 17.2. The Morgan fingerprint density at radius 2 is 1.72 bits per heavy atom. The number of nitrogens with one attached hydrogen (secondary N) is 1. The Morgan fingerprint density at radius 3 is 2.36 bits per heavy atom. The molecule has 4 rings (SSSR count). The van der Waals surface area contributed by atoms with Gasteiger partial charge in [0.15, 0.2) is 0 Å². The molecule has 2 aromatic carbocycles. The van der Waals surface area contributed by atoms with Crippen LogP contribution in [0, 0.1) is 5.82 Å². The van der Waals surface area contributed by atoms with Crippen molar-refractivity contribution in [1.29, 1.82) is 0 Å². The maximum Gasteiger partial charge on any atom is 0.335 e. The number of hydrogen-bond donors (Lipinski definition) is 2. The van der Waals surface area contributed by atoms with E-state index in [1.165, 1.54) is 35.0 Å². The maximum atomic E-state index is 13.4. The first-order valence-electron chi connectivity index (χ1n) is 11.7. The minimum Gasteiger partial charge on any atom is -0.478 e. The molecule has 0 bridgehead atoms. The third-order valence-corrected chi connectivity index (χ3v) is 6.23. The summed E-state index contributed by atoms with van der Waals surface area (Å²) >= 11 is 0. The number of halogens is 1. The highest BCUT2D eigenvalue weighted by molar-refractivity contribution is 5.99. The topological polar surface area (TPSA) is 108 Å². The van der Waals surface area contributed by atoms with Crippen LogP contribution in [0.3, 0.4) is 0 Å². The number of nitrogens with zero attached hydrogens (tertiary/aromatic N) is 4. The number of urea groups is 1. The van der Waals surface area contributed by atoms with E-state index in [-0.39, 0.29) is 28.9 Å². The lowest BCUT2D eigenvalue weighted by atomic mass is 9.94. The zero-order valence-corrected chi connectivity index (χ0v) is 20.1. The molecule has 1 aromatic heterocycles. The van der Waals surface area contributed by atoms with Gasteiger partial charge in [0.1, 0.15) is 11.6 Å². The van der Waals surface area contributed by atoms with Gasteiger partial charge in [0.25, 0.3) is 5.91 Å². The second-order valence-corrected chi connectivity index (χ2v) is 8.98. The largest absolute Gasteiger partial charge is 0.478 e. The summed E-state index contributed by atoms with van der Waals surface area (Å²) in [5.74, 6) is -1.42. The van der Waals surface area contributed by atoms with Gasteiger partial charge in [-0.05, 0) is 48.7 Å². The first kappa shape index (κ1) is 24.9. The molecule has 0 radical (unpaired) electrons. The Kier molecular flexibility index (Phi) is 7.33. The number of carbonyl (C=O) groups is 3. The number of aromatic carboxylic acids is 1. The molecule has 1 saturated heterocycles. The molecule has 188 valence electrons. The zero-order chi connectivity index (χ0) is 25.8. The average molecular weight is 494 g/mol. The van der Waals surface area contributed by atoms with Gasteiger partial charge in [0.2, 0.25) is 0 Å². The summed E-state index contributed by atoms with van der Waals surface area (Å²) in [6.07, 6.45) is 1.41. The molecule has 2 amide bonds. The Morgan fingerprint density at radius 1 is 1.06 bits per heavy atom. The van der Waals surface area contributed by atoms with Gasteiger partial charge >= 0.3 is 12.0 Å². The molecule has 0 unspecified atom stereocenters. The highest BCUT2D eigenvalue weighted by Crippen LogP contribution is 2.30. The number of carboxylic acid groups (broad SMARTS) is 1. The molecule has 10 heteroatoms. The van der Waals surface area contributed by atoms with Crippen LogP contribution in [0.4, 0.5) is 15.0 Å². The number of likely N-dealkylation sites (tertiary alicyclic amines) is 1. The van der Waals surface area contributed by atoms with Gasteiger partial charge in [-0.2, -0.15) is 9.78 Å². The third-order valence-electron chi connectivity index (χ3n) is 6.23. The molecule has 0 saturated carbocycles. The van der Waals surface area contributed by atoms with E-state index in [4.69, 9.17) is 0 Å². The van der Waals surface area contributed by atoms with Crippen molar-refractivity contribution in [3.05, 3.63) is 82.8 Å². The third kappa shape index (κ3) is 5.54. The van der Waals surface area contributed by atoms with Crippen LogP contribution in [-0.2, 0) is 6.54 Å². The van der Waals surface area contributed by atoms with Gasteiger partial charge in [-0.15, -0.1) is 0 Å². The number of carbonyl (C=O) groups excluding carboxylic acids is 2. The molecule has 1 aliphatic rings. The maximum absolute atomic E-state index is 13.4. The first-order valence-corrected chi connectivity index (χ1v) is 11.7. The van der Waals surface area contributed by atoms with Gasteiger partial charge in [-0.3, -0.25) is 4.79 Å². The van der Waals surface area contributed by atoms with Gasteiger partial charge in [0, 0.05) is 51.3 Å². The highest BCUT2D eigenvalue weighted by Gasteiger charge is 2.28. The van der Waals surface area contributed by atoms with Crippen molar-refractivity contribution in [1.82, 2.24) is 19.6 Å². The summed E-state index contributed by atoms with van der Waals surface area (Å²) in [6, 6.07) is 13.6. The van der Waals surface area contributed by atoms with E-state index in [2.05, 4.69) is 10.4 Å². The molecule has 1 fully saturated rings. The summed E-state index contributed by atoms with van der Waals surface area (Å²) < 4.78 is 14.5. The lowest BCUT2D eigenvalue weighted by molar-refractivity contribution is 0.0696. The number of rotatable bonds is 6. The fourth-order valence-corrected chi connectivity index (χ4v) is 4.23. The second kappa shape index (κ2) is 10.6. The number of carboxylic acids is 1. The Labute approximate surface area is 208 Å². The van der Waals surface area contributed by atoms with Crippen molar-refractivity contribution < 1.29 is 23.9 Å². The fourth-order valence-electron chi connectivity index (χ4n) is 4.23. The summed E-state index contributed by atoms with van der Waals surface area (Å²) in [6.45, 7) is 1.51. The second-order valence-electron chi connectivity index (χ2n) is 8.98. The number of amides is 2. The van der Waals surface area contributed by atoms with Crippen molar-refractivity contribution in [3.63, 3.8) is 0 Å². The van der Waals surface area contributed by atoms with Gasteiger partial charge in [-0.1, -0.05) is 18.2 Å². The Balaban J connectivity index is 1.59. The summed E-state index contributed by atoms with van der Waals surface area (Å²) in [7, 11) is 3.44. The van der Waals surface area contributed by atoms with Crippen LogP contribution < -0.4 is 5.32 Å². The van der Waals surface area contributed by atoms with Crippen molar-refractivity contribution in [2.75, 3.05) is 32.5 Å². The number of piperidine rings is 1. The van der Waals surface area contributed by atoms with Gasteiger partial charge in [0.05, 0.1) is 11.3 Å². The van der Waals surface area contributed by atoms with E-state index >= 15 is 0 Å². The normalized spacial score (nSPS) is 13.9. The standard InChI is InChI=1S/C26H28FN5O4/c1-30(2)26(36)31-12-10-18(11-13-31)22-15-23(28-16-17-6-8-21(27)9-7-17)32(29-22)24(33)19-4-3-5-20(14-19)25(34)35/h3-9,14-15,18,28H,10-13,16H2,1-2H3,(H,34,35). The Bertz CT molecular complexity index is 1260. The van der Waals surface area contributed by atoms with E-state index in [1.807, 2.05) is 6.07 Å². The molecular formula is C26H28FN5O4. The van der Waals surface area contributed by atoms with E-state index < -0.39 is 11.9 Å². The number of anilines is 1. The highest BCUT2D eigenvalue weighted by atomic mass is 19.1. The van der Waals surface area contributed by atoms with Crippen LogP contribution in [0.5, 0.6) is 0 Å². The van der Waals surface area contributed by atoms with Crippen LogP contribution >= 0.6 is 0 Å². The lowest BCUT2D eigenvalue weighted by Gasteiger charge is -2.33. The smallest absolute Gasteiger partial charge is 0.335 e. The molecule has 2 N–H and O–H groups in total. The predicted octanol–water partition coefficient (Wildman–Crippen LogP) is 3.88.